The molecule has 0 atom stereocenters. The summed E-state index contributed by atoms with van der Waals surface area (Å²) >= 11 is 6.01. The first kappa shape index (κ1) is 15.0. The van der Waals surface area contributed by atoms with Crippen molar-refractivity contribution in [2.75, 3.05) is 6.54 Å². The molecule has 4 heteroatoms. The normalized spacial score (nSPS) is 11.3. The van der Waals surface area contributed by atoms with Gasteiger partial charge in [0.1, 0.15) is 6.61 Å². The van der Waals surface area contributed by atoms with Crippen LogP contribution in [-0.4, -0.2) is 12.5 Å². The molecule has 0 saturated heterocycles. The summed E-state index contributed by atoms with van der Waals surface area (Å²) in [6, 6.07) is 7.33. The molecule has 0 aliphatic heterocycles. The molecule has 2 N–H and O–H groups in total. The van der Waals surface area contributed by atoms with Crippen molar-refractivity contribution >= 4 is 17.6 Å². The van der Waals surface area contributed by atoms with Gasteiger partial charge in [-0.2, -0.15) is 0 Å². The Morgan fingerprint density at radius 1 is 1.33 bits per heavy atom. The van der Waals surface area contributed by atoms with Crippen LogP contribution in [0.5, 0.6) is 0 Å². The Bertz CT molecular complexity index is 394. The van der Waals surface area contributed by atoms with Gasteiger partial charge < -0.3 is 10.5 Å². The van der Waals surface area contributed by atoms with Crippen LogP contribution in [0, 0.1) is 5.41 Å². The number of hydrogen-bond donors (Lipinski definition) is 1. The van der Waals surface area contributed by atoms with Gasteiger partial charge in [-0.3, -0.25) is 4.79 Å². The van der Waals surface area contributed by atoms with Gasteiger partial charge in [-0.25, -0.2) is 0 Å². The summed E-state index contributed by atoms with van der Waals surface area (Å²) in [5.74, 6) is -0.241. The topological polar surface area (TPSA) is 52.3 Å². The van der Waals surface area contributed by atoms with Crippen molar-refractivity contribution < 1.29 is 9.53 Å². The van der Waals surface area contributed by atoms with Crippen molar-refractivity contribution in [1.82, 2.24) is 0 Å². The highest BCUT2D eigenvalue weighted by Gasteiger charge is 2.35. The molecule has 0 radical (unpaired) electrons. The highest BCUT2D eigenvalue weighted by atomic mass is 35.5. The largest absolute Gasteiger partial charge is 0.460 e. The molecular weight excluding hydrogens is 250 g/mol. The van der Waals surface area contributed by atoms with Crippen LogP contribution in [0.1, 0.15) is 32.3 Å². The van der Waals surface area contributed by atoms with Crippen LogP contribution < -0.4 is 5.73 Å². The maximum Gasteiger partial charge on any atom is 0.313 e. The summed E-state index contributed by atoms with van der Waals surface area (Å²) < 4.78 is 5.34. The number of rotatable bonds is 6. The predicted molar refractivity (Wildman–Crippen MR) is 73.3 cm³/mol. The van der Waals surface area contributed by atoms with E-state index in [0.29, 0.717) is 24.4 Å². The molecule has 0 saturated carbocycles. The van der Waals surface area contributed by atoms with E-state index < -0.39 is 5.41 Å². The lowest BCUT2D eigenvalue weighted by Gasteiger charge is -2.27. The zero-order chi connectivity index (χ0) is 13.6. The third kappa shape index (κ3) is 3.24. The highest BCUT2D eigenvalue weighted by molar-refractivity contribution is 6.31. The van der Waals surface area contributed by atoms with Crippen LogP contribution in [0.2, 0.25) is 5.02 Å². The molecule has 0 aliphatic rings. The molecule has 1 aromatic rings. The van der Waals surface area contributed by atoms with Gasteiger partial charge in [0.05, 0.1) is 5.41 Å². The molecule has 0 aliphatic carbocycles. The maximum atomic E-state index is 12.1. The first-order valence-electron chi connectivity index (χ1n) is 6.20. The van der Waals surface area contributed by atoms with Crippen molar-refractivity contribution in [2.45, 2.75) is 33.3 Å². The number of esters is 1. The van der Waals surface area contributed by atoms with Gasteiger partial charge in [-0.15, -0.1) is 0 Å². The molecule has 0 unspecified atom stereocenters. The predicted octanol–water partition coefficient (Wildman–Crippen LogP) is 3.15. The third-order valence-corrected chi connectivity index (χ3v) is 3.86. The van der Waals surface area contributed by atoms with E-state index in [9.17, 15) is 4.79 Å². The number of benzene rings is 1. The summed E-state index contributed by atoms with van der Waals surface area (Å²) in [7, 11) is 0. The van der Waals surface area contributed by atoms with Gasteiger partial charge in [0.15, 0.2) is 0 Å². The summed E-state index contributed by atoms with van der Waals surface area (Å²) in [5.41, 5.74) is 5.94. The first-order valence-corrected chi connectivity index (χ1v) is 6.58. The average Bonchev–Trinajstić information content (AvgIpc) is 2.40. The molecule has 0 bridgehead atoms. The fraction of sp³-hybridized carbons (Fsp3) is 0.500. The van der Waals surface area contributed by atoms with Gasteiger partial charge in [0, 0.05) is 17.1 Å². The maximum absolute atomic E-state index is 12.1. The van der Waals surface area contributed by atoms with E-state index in [2.05, 4.69) is 0 Å². The Hall–Kier alpha value is -1.06. The molecular formula is C14H20ClNO2. The van der Waals surface area contributed by atoms with E-state index in [1.165, 1.54) is 0 Å². The standard InChI is InChI=1S/C14H20ClNO2/c1-3-14(4-2,10-16)13(17)18-9-11-7-5-6-8-12(11)15/h5-8H,3-4,9-10,16H2,1-2H3. The van der Waals surface area contributed by atoms with Gasteiger partial charge in [0.25, 0.3) is 0 Å². The molecule has 1 aromatic carbocycles. The molecule has 1 rings (SSSR count). The summed E-state index contributed by atoms with van der Waals surface area (Å²) in [6.07, 6.45) is 1.36. The molecule has 100 valence electrons. The Kier molecular flexibility index (Phi) is 5.63. The molecule has 18 heavy (non-hydrogen) atoms. The van der Waals surface area contributed by atoms with E-state index in [1.807, 2.05) is 32.0 Å². The smallest absolute Gasteiger partial charge is 0.313 e. The van der Waals surface area contributed by atoms with Crippen LogP contribution in [0.3, 0.4) is 0 Å². The van der Waals surface area contributed by atoms with Crippen LogP contribution in [0.15, 0.2) is 24.3 Å². The second-order valence-corrected chi connectivity index (χ2v) is 4.77. The first-order chi connectivity index (χ1) is 8.59. The van der Waals surface area contributed by atoms with Gasteiger partial charge in [-0.1, -0.05) is 43.6 Å². The number of ether oxygens (including phenoxy) is 1. The Balaban J connectivity index is 2.69. The van der Waals surface area contributed by atoms with Crippen molar-refractivity contribution in [2.24, 2.45) is 11.1 Å². The fourth-order valence-corrected chi connectivity index (χ4v) is 2.01. The van der Waals surface area contributed by atoms with Crippen LogP contribution >= 0.6 is 11.6 Å². The number of carbonyl (C=O) groups excluding carboxylic acids is 1. The van der Waals surface area contributed by atoms with Crippen molar-refractivity contribution in [3.05, 3.63) is 34.9 Å². The second kappa shape index (κ2) is 6.76. The van der Waals surface area contributed by atoms with Crippen molar-refractivity contribution in [3.63, 3.8) is 0 Å². The highest BCUT2D eigenvalue weighted by Crippen LogP contribution is 2.27. The minimum Gasteiger partial charge on any atom is -0.460 e. The Labute approximate surface area is 113 Å². The minimum atomic E-state index is -0.568. The van der Waals surface area contributed by atoms with Crippen molar-refractivity contribution in [3.8, 4) is 0 Å². The van der Waals surface area contributed by atoms with Gasteiger partial charge >= 0.3 is 5.97 Å². The fourth-order valence-electron chi connectivity index (χ4n) is 1.82. The molecule has 0 aromatic heterocycles. The molecule has 0 spiro atoms. The zero-order valence-electron chi connectivity index (χ0n) is 10.9. The van der Waals surface area contributed by atoms with Crippen LogP contribution in [0.4, 0.5) is 0 Å². The molecule has 0 heterocycles. The lowest BCUT2D eigenvalue weighted by atomic mass is 9.82. The SMILES string of the molecule is CCC(CC)(CN)C(=O)OCc1ccccc1Cl. The second-order valence-electron chi connectivity index (χ2n) is 4.36. The number of carbonyl (C=O) groups is 1. The average molecular weight is 270 g/mol. The summed E-state index contributed by atoms with van der Waals surface area (Å²) in [4.78, 5) is 12.1. The number of nitrogens with two attached hydrogens (primary N) is 1. The lowest BCUT2D eigenvalue weighted by molar-refractivity contribution is -0.157. The van der Waals surface area contributed by atoms with E-state index in [0.717, 1.165) is 5.56 Å². The van der Waals surface area contributed by atoms with Gasteiger partial charge in [0.2, 0.25) is 0 Å². The molecule has 0 amide bonds. The van der Waals surface area contributed by atoms with Gasteiger partial charge in [-0.05, 0) is 18.9 Å². The number of halogens is 1. The minimum absolute atomic E-state index is 0.195. The Morgan fingerprint density at radius 2 is 1.94 bits per heavy atom. The zero-order valence-corrected chi connectivity index (χ0v) is 11.7. The third-order valence-electron chi connectivity index (χ3n) is 3.49. The monoisotopic (exact) mass is 269 g/mol. The molecule has 0 fully saturated rings. The lowest BCUT2D eigenvalue weighted by Crippen LogP contribution is -2.38. The summed E-state index contributed by atoms with van der Waals surface area (Å²) in [6.45, 7) is 4.40. The van der Waals surface area contributed by atoms with E-state index in [1.54, 1.807) is 6.07 Å². The van der Waals surface area contributed by atoms with E-state index >= 15 is 0 Å². The summed E-state index contributed by atoms with van der Waals surface area (Å²) in [5, 5.41) is 0.608. The Morgan fingerprint density at radius 3 is 2.44 bits per heavy atom. The van der Waals surface area contributed by atoms with Crippen molar-refractivity contribution in [1.29, 1.82) is 0 Å². The van der Waals surface area contributed by atoms with E-state index in [-0.39, 0.29) is 12.6 Å². The van der Waals surface area contributed by atoms with Crippen LogP contribution in [-0.2, 0) is 16.1 Å². The van der Waals surface area contributed by atoms with Crippen LogP contribution in [0.25, 0.3) is 0 Å². The van der Waals surface area contributed by atoms with E-state index in [4.69, 9.17) is 22.1 Å². The molecule has 3 nitrogen and oxygen atoms in total. The quantitative estimate of drug-likeness (QED) is 0.807. The number of hydrogen-bond acceptors (Lipinski definition) is 3.